The van der Waals surface area contributed by atoms with Gasteiger partial charge < -0.3 is 10.2 Å². The normalized spacial score (nSPS) is 12.2. The van der Waals surface area contributed by atoms with Crippen LogP contribution in [0.2, 0.25) is 15.1 Å². The van der Waals surface area contributed by atoms with Gasteiger partial charge in [0.05, 0.1) is 10.6 Å². The van der Waals surface area contributed by atoms with Gasteiger partial charge in [0.25, 0.3) is 10.0 Å². The van der Waals surface area contributed by atoms with E-state index in [-0.39, 0.29) is 39.1 Å². The van der Waals surface area contributed by atoms with E-state index in [1.54, 1.807) is 43.3 Å². The SMILES string of the molecule is CCC(C(=O)NC(C)C)N(Cc1ccc(Cl)cc1)C(=O)CN(c1cc(Cl)cc(Cl)c1)S(=O)(=O)c1ccc(C)cc1. The standard InChI is InChI=1S/C29H32Cl3N3O4S/c1-5-27(29(37)33-19(2)3)34(17-21-8-10-22(30)11-9-21)28(36)18-35(25-15-23(31)14-24(32)16-25)40(38,39)26-12-6-20(4)7-13-26/h6-16,19,27H,5,17-18H2,1-4H3,(H,33,37). The van der Waals surface area contributed by atoms with E-state index >= 15 is 0 Å². The zero-order chi connectivity index (χ0) is 29.6. The molecule has 40 heavy (non-hydrogen) atoms. The third-order valence-electron chi connectivity index (χ3n) is 6.11. The third-order valence-corrected chi connectivity index (χ3v) is 8.58. The van der Waals surface area contributed by atoms with Gasteiger partial charge in [-0.3, -0.25) is 13.9 Å². The summed E-state index contributed by atoms with van der Waals surface area (Å²) in [6.45, 7) is 6.77. The van der Waals surface area contributed by atoms with Crippen LogP contribution in [0.3, 0.4) is 0 Å². The van der Waals surface area contributed by atoms with E-state index in [0.717, 1.165) is 15.4 Å². The fraction of sp³-hybridized carbons (Fsp3) is 0.310. The first-order chi connectivity index (χ1) is 18.8. The molecular formula is C29H32Cl3N3O4S. The molecule has 0 aliphatic heterocycles. The van der Waals surface area contributed by atoms with E-state index in [9.17, 15) is 18.0 Å². The summed E-state index contributed by atoms with van der Waals surface area (Å²) >= 11 is 18.5. The molecule has 0 aliphatic rings. The van der Waals surface area contributed by atoms with E-state index in [4.69, 9.17) is 34.8 Å². The first-order valence-electron chi connectivity index (χ1n) is 12.7. The Hall–Kier alpha value is -2.78. The van der Waals surface area contributed by atoms with Gasteiger partial charge in [0.15, 0.2) is 0 Å². The summed E-state index contributed by atoms with van der Waals surface area (Å²) in [6.07, 6.45) is 0.311. The number of rotatable bonds is 11. The molecule has 2 amide bonds. The number of benzene rings is 3. The molecule has 1 atom stereocenters. The summed E-state index contributed by atoms with van der Waals surface area (Å²) in [7, 11) is -4.23. The van der Waals surface area contributed by atoms with Crippen molar-refractivity contribution in [3.63, 3.8) is 0 Å². The van der Waals surface area contributed by atoms with Gasteiger partial charge in [-0.25, -0.2) is 8.42 Å². The molecule has 0 bridgehead atoms. The summed E-state index contributed by atoms with van der Waals surface area (Å²) in [5.74, 6) is -0.911. The highest BCUT2D eigenvalue weighted by Crippen LogP contribution is 2.30. The Kier molecular flexibility index (Phi) is 10.9. The van der Waals surface area contributed by atoms with Crippen LogP contribution in [-0.4, -0.2) is 43.8 Å². The number of nitrogens with one attached hydrogen (secondary N) is 1. The number of anilines is 1. The third kappa shape index (κ3) is 8.13. The van der Waals surface area contributed by atoms with E-state index in [1.807, 2.05) is 20.8 Å². The Labute approximate surface area is 251 Å². The summed E-state index contributed by atoms with van der Waals surface area (Å²) < 4.78 is 28.8. The number of hydrogen-bond acceptors (Lipinski definition) is 4. The molecule has 3 aromatic rings. The van der Waals surface area contributed by atoms with Crippen LogP contribution in [0, 0.1) is 6.92 Å². The van der Waals surface area contributed by atoms with Gasteiger partial charge in [-0.15, -0.1) is 0 Å². The van der Waals surface area contributed by atoms with Crippen LogP contribution < -0.4 is 9.62 Å². The number of carbonyl (C=O) groups excluding carboxylic acids is 2. The molecular weight excluding hydrogens is 593 g/mol. The molecule has 3 rings (SSSR count). The van der Waals surface area contributed by atoms with Crippen LogP contribution in [0.25, 0.3) is 0 Å². The average Bonchev–Trinajstić information content (AvgIpc) is 2.87. The van der Waals surface area contributed by atoms with Crippen molar-refractivity contribution < 1.29 is 18.0 Å². The van der Waals surface area contributed by atoms with Crippen LogP contribution in [-0.2, 0) is 26.2 Å². The van der Waals surface area contributed by atoms with Crippen LogP contribution in [0.15, 0.2) is 71.6 Å². The van der Waals surface area contributed by atoms with Crippen molar-refractivity contribution in [2.45, 2.75) is 57.6 Å². The van der Waals surface area contributed by atoms with Crippen molar-refractivity contribution in [3.05, 3.63) is 92.9 Å². The fourth-order valence-electron chi connectivity index (χ4n) is 4.14. The summed E-state index contributed by atoms with van der Waals surface area (Å²) in [6, 6.07) is 16.5. The maximum Gasteiger partial charge on any atom is 0.264 e. The average molecular weight is 625 g/mol. The summed E-state index contributed by atoms with van der Waals surface area (Å²) in [5.41, 5.74) is 1.73. The minimum atomic E-state index is -4.23. The molecule has 7 nitrogen and oxygen atoms in total. The molecule has 11 heteroatoms. The van der Waals surface area contributed by atoms with Gasteiger partial charge in [0.1, 0.15) is 12.6 Å². The monoisotopic (exact) mass is 623 g/mol. The molecule has 0 aliphatic carbocycles. The van der Waals surface area contributed by atoms with Crippen molar-refractivity contribution in [1.29, 1.82) is 0 Å². The molecule has 0 radical (unpaired) electrons. The molecule has 0 saturated carbocycles. The lowest BCUT2D eigenvalue weighted by molar-refractivity contribution is -0.140. The zero-order valence-electron chi connectivity index (χ0n) is 22.7. The molecule has 0 saturated heterocycles. The van der Waals surface area contributed by atoms with Crippen LogP contribution in [0.4, 0.5) is 5.69 Å². The lowest BCUT2D eigenvalue weighted by atomic mass is 10.1. The largest absolute Gasteiger partial charge is 0.352 e. The Morgan fingerprint density at radius 3 is 1.98 bits per heavy atom. The zero-order valence-corrected chi connectivity index (χ0v) is 25.8. The number of sulfonamides is 1. The highest BCUT2D eigenvalue weighted by molar-refractivity contribution is 7.92. The van der Waals surface area contributed by atoms with E-state index < -0.39 is 28.5 Å². The second-order valence-corrected chi connectivity index (χ2v) is 12.9. The fourth-order valence-corrected chi connectivity index (χ4v) is 6.17. The van der Waals surface area contributed by atoms with Gasteiger partial charge in [-0.1, -0.05) is 71.6 Å². The molecule has 214 valence electrons. The predicted molar refractivity (Wildman–Crippen MR) is 162 cm³/mol. The number of carbonyl (C=O) groups is 2. The van der Waals surface area contributed by atoms with Crippen LogP contribution >= 0.6 is 34.8 Å². The smallest absolute Gasteiger partial charge is 0.264 e. The number of nitrogens with zero attached hydrogens (tertiary/aromatic N) is 2. The van der Waals surface area contributed by atoms with Crippen molar-refractivity contribution in [3.8, 4) is 0 Å². The van der Waals surface area contributed by atoms with Gasteiger partial charge >= 0.3 is 0 Å². The molecule has 1 N–H and O–H groups in total. The first kappa shape index (κ1) is 31.7. The summed E-state index contributed by atoms with van der Waals surface area (Å²) in [5, 5.41) is 3.81. The Balaban J connectivity index is 2.09. The molecule has 1 unspecified atom stereocenters. The number of amides is 2. The van der Waals surface area contributed by atoms with Crippen molar-refractivity contribution in [2.75, 3.05) is 10.8 Å². The lowest BCUT2D eigenvalue weighted by Gasteiger charge is -2.33. The Morgan fingerprint density at radius 2 is 1.45 bits per heavy atom. The summed E-state index contributed by atoms with van der Waals surface area (Å²) in [4.78, 5) is 28.6. The second kappa shape index (κ2) is 13.7. The van der Waals surface area contributed by atoms with Crippen LogP contribution in [0.1, 0.15) is 38.3 Å². The van der Waals surface area contributed by atoms with Crippen molar-refractivity contribution in [2.24, 2.45) is 0 Å². The van der Waals surface area contributed by atoms with Crippen molar-refractivity contribution in [1.82, 2.24) is 10.2 Å². The Bertz CT molecular complexity index is 1430. The predicted octanol–water partition coefficient (Wildman–Crippen LogP) is 6.48. The lowest BCUT2D eigenvalue weighted by Crippen LogP contribution is -2.53. The second-order valence-electron chi connectivity index (χ2n) is 9.69. The molecule has 3 aromatic carbocycles. The quantitative estimate of drug-likeness (QED) is 0.265. The van der Waals surface area contributed by atoms with E-state index in [0.29, 0.717) is 11.4 Å². The topological polar surface area (TPSA) is 86.8 Å². The Morgan fingerprint density at radius 1 is 0.875 bits per heavy atom. The maximum absolute atomic E-state index is 14.0. The van der Waals surface area contributed by atoms with E-state index in [1.165, 1.54) is 35.2 Å². The molecule has 0 heterocycles. The number of aryl methyl sites for hydroxylation is 1. The van der Waals surface area contributed by atoms with Gasteiger partial charge in [-0.2, -0.15) is 0 Å². The van der Waals surface area contributed by atoms with Crippen molar-refractivity contribution >= 4 is 62.3 Å². The highest BCUT2D eigenvalue weighted by Gasteiger charge is 2.34. The minimum absolute atomic E-state index is 0.00385. The maximum atomic E-state index is 14.0. The van der Waals surface area contributed by atoms with Gasteiger partial charge in [0, 0.05) is 27.7 Å². The molecule has 0 aromatic heterocycles. The first-order valence-corrected chi connectivity index (χ1v) is 15.3. The number of hydrogen-bond donors (Lipinski definition) is 1. The molecule has 0 spiro atoms. The van der Waals surface area contributed by atoms with Crippen LogP contribution in [0.5, 0.6) is 0 Å². The van der Waals surface area contributed by atoms with Gasteiger partial charge in [0.2, 0.25) is 11.8 Å². The van der Waals surface area contributed by atoms with Gasteiger partial charge in [-0.05, 0) is 75.2 Å². The minimum Gasteiger partial charge on any atom is -0.352 e. The van der Waals surface area contributed by atoms with E-state index in [2.05, 4.69) is 5.32 Å². The highest BCUT2D eigenvalue weighted by atomic mass is 35.5. The number of halogens is 3. The molecule has 0 fully saturated rings.